The lowest BCUT2D eigenvalue weighted by molar-refractivity contribution is -0.128. The molecule has 108 valence electrons. The van der Waals surface area contributed by atoms with Gasteiger partial charge >= 0.3 is 0 Å². The number of ketones is 1. The topological polar surface area (TPSA) is 52.6 Å². The Kier molecular flexibility index (Phi) is 4.42. The molecule has 1 aromatic carbocycles. The van der Waals surface area contributed by atoms with Crippen LogP contribution in [0.5, 0.6) is 11.5 Å². The molecule has 0 aromatic heterocycles. The highest BCUT2D eigenvalue weighted by atomic mass is 16.5. The molecule has 0 aliphatic heterocycles. The molecule has 0 unspecified atom stereocenters. The van der Waals surface area contributed by atoms with Gasteiger partial charge in [-0.1, -0.05) is 12.5 Å². The standard InChI is InChI=1S/C16H20O4/c1-19-13-7-6-12(11-14(13)20-2)16(9-10-17)8-4-3-5-15(16)18/h6-7,10-11H,3-5,8-9H2,1-2H3/t16-/m1/s1. The van der Waals surface area contributed by atoms with E-state index >= 15 is 0 Å². The van der Waals surface area contributed by atoms with Gasteiger partial charge in [-0.25, -0.2) is 0 Å². The Balaban J connectivity index is 2.48. The normalized spacial score (nSPS) is 22.4. The van der Waals surface area contributed by atoms with Crippen molar-refractivity contribution in [1.29, 1.82) is 0 Å². The van der Waals surface area contributed by atoms with E-state index in [-0.39, 0.29) is 12.2 Å². The fraction of sp³-hybridized carbons (Fsp3) is 0.500. The van der Waals surface area contributed by atoms with Gasteiger partial charge in [-0.05, 0) is 30.5 Å². The van der Waals surface area contributed by atoms with Gasteiger partial charge < -0.3 is 14.3 Å². The third kappa shape index (κ3) is 2.42. The number of carbonyl (C=O) groups is 2. The first-order valence-electron chi connectivity index (χ1n) is 6.87. The third-order valence-electron chi connectivity index (χ3n) is 4.16. The van der Waals surface area contributed by atoms with Crippen LogP contribution in [0.25, 0.3) is 0 Å². The molecule has 1 aliphatic carbocycles. The van der Waals surface area contributed by atoms with Crippen LogP contribution < -0.4 is 9.47 Å². The number of carbonyl (C=O) groups excluding carboxylic acids is 2. The van der Waals surface area contributed by atoms with E-state index in [1.165, 1.54) is 0 Å². The lowest BCUT2D eigenvalue weighted by Crippen LogP contribution is -2.39. The molecular weight excluding hydrogens is 256 g/mol. The summed E-state index contributed by atoms with van der Waals surface area (Å²) in [6, 6.07) is 5.49. The van der Waals surface area contributed by atoms with Crippen molar-refractivity contribution in [2.45, 2.75) is 37.5 Å². The average molecular weight is 276 g/mol. The monoisotopic (exact) mass is 276 g/mol. The second-order valence-electron chi connectivity index (χ2n) is 5.15. The summed E-state index contributed by atoms with van der Waals surface area (Å²) in [5.41, 5.74) is 0.173. The maximum atomic E-state index is 12.4. The van der Waals surface area contributed by atoms with E-state index in [9.17, 15) is 9.59 Å². The first-order valence-corrected chi connectivity index (χ1v) is 6.87. The lowest BCUT2D eigenvalue weighted by atomic mass is 9.67. The van der Waals surface area contributed by atoms with Crippen LogP contribution in [0.2, 0.25) is 0 Å². The molecule has 2 rings (SSSR count). The van der Waals surface area contributed by atoms with Gasteiger partial charge in [-0.15, -0.1) is 0 Å². The van der Waals surface area contributed by atoms with E-state index in [1.807, 2.05) is 12.1 Å². The summed E-state index contributed by atoms with van der Waals surface area (Å²) >= 11 is 0. The molecule has 0 spiro atoms. The summed E-state index contributed by atoms with van der Waals surface area (Å²) < 4.78 is 10.5. The van der Waals surface area contributed by atoms with Crippen LogP contribution in [0, 0.1) is 0 Å². The molecule has 0 saturated heterocycles. The van der Waals surface area contributed by atoms with Crippen molar-refractivity contribution in [3.05, 3.63) is 23.8 Å². The molecule has 1 saturated carbocycles. The van der Waals surface area contributed by atoms with Crippen molar-refractivity contribution in [3.63, 3.8) is 0 Å². The minimum atomic E-state index is -0.681. The summed E-state index contributed by atoms with van der Waals surface area (Å²) in [7, 11) is 3.14. The van der Waals surface area contributed by atoms with E-state index in [0.717, 1.165) is 31.1 Å². The van der Waals surface area contributed by atoms with E-state index in [1.54, 1.807) is 20.3 Å². The molecule has 0 bridgehead atoms. The van der Waals surface area contributed by atoms with E-state index < -0.39 is 5.41 Å². The average Bonchev–Trinajstić information content (AvgIpc) is 2.49. The highest BCUT2D eigenvalue weighted by molar-refractivity contribution is 5.93. The highest BCUT2D eigenvalue weighted by Gasteiger charge is 2.41. The lowest BCUT2D eigenvalue weighted by Gasteiger charge is -2.35. The minimum absolute atomic E-state index is 0.156. The number of aldehydes is 1. The Morgan fingerprint density at radius 1 is 1.20 bits per heavy atom. The number of benzene rings is 1. The van der Waals surface area contributed by atoms with Crippen LogP contribution in [-0.2, 0) is 15.0 Å². The second kappa shape index (κ2) is 6.07. The van der Waals surface area contributed by atoms with E-state index in [2.05, 4.69) is 0 Å². The van der Waals surface area contributed by atoms with Gasteiger partial charge in [-0.2, -0.15) is 0 Å². The zero-order chi connectivity index (χ0) is 14.6. The first kappa shape index (κ1) is 14.6. The number of Topliss-reactive ketones (excluding diaryl/α,β-unsaturated/α-hetero) is 1. The summed E-state index contributed by atoms with van der Waals surface area (Å²) in [5.74, 6) is 1.37. The minimum Gasteiger partial charge on any atom is -0.493 e. The number of methoxy groups -OCH3 is 2. The van der Waals surface area contributed by atoms with Crippen molar-refractivity contribution in [1.82, 2.24) is 0 Å². The van der Waals surface area contributed by atoms with E-state index in [0.29, 0.717) is 17.9 Å². The van der Waals surface area contributed by atoms with E-state index in [4.69, 9.17) is 9.47 Å². The summed E-state index contributed by atoms with van der Waals surface area (Å²) in [5, 5.41) is 0. The maximum absolute atomic E-state index is 12.4. The highest BCUT2D eigenvalue weighted by Crippen LogP contribution is 2.42. The van der Waals surface area contributed by atoms with Gasteiger partial charge in [0.1, 0.15) is 12.1 Å². The van der Waals surface area contributed by atoms with Gasteiger partial charge in [0.2, 0.25) is 0 Å². The summed E-state index contributed by atoms with van der Waals surface area (Å²) in [4.78, 5) is 23.5. The molecule has 4 heteroatoms. The molecule has 20 heavy (non-hydrogen) atoms. The van der Waals surface area contributed by atoms with Crippen LogP contribution in [-0.4, -0.2) is 26.3 Å². The molecule has 1 fully saturated rings. The fourth-order valence-corrected chi connectivity index (χ4v) is 3.01. The molecule has 0 amide bonds. The molecule has 0 N–H and O–H groups in total. The van der Waals surface area contributed by atoms with Crippen LogP contribution in [0.3, 0.4) is 0 Å². The van der Waals surface area contributed by atoms with Crippen LogP contribution in [0.4, 0.5) is 0 Å². The van der Waals surface area contributed by atoms with Gasteiger partial charge in [0.05, 0.1) is 19.6 Å². The van der Waals surface area contributed by atoms with Crippen molar-refractivity contribution < 1.29 is 19.1 Å². The van der Waals surface area contributed by atoms with Crippen LogP contribution >= 0.6 is 0 Å². The van der Waals surface area contributed by atoms with Gasteiger partial charge in [0.15, 0.2) is 11.5 Å². The second-order valence-corrected chi connectivity index (χ2v) is 5.15. The van der Waals surface area contributed by atoms with Gasteiger partial charge in [-0.3, -0.25) is 4.79 Å². The Hall–Kier alpha value is -1.84. The van der Waals surface area contributed by atoms with Crippen LogP contribution in [0.1, 0.15) is 37.7 Å². The summed E-state index contributed by atoms with van der Waals surface area (Å²) in [6.07, 6.45) is 4.23. The Labute approximate surface area is 119 Å². The maximum Gasteiger partial charge on any atom is 0.161 e. The fourth-order valence-electron chi connectivity index (χ4n) is 3.01. The molecule has 0 radical (unpaired) electrons. The number of rotatable bonds is 5. The number of hydrogen-bond acceptors (Lipinski definition) is 4. The SMILES string of the molecule is COc1ccc([C@]2(CC=O)CCCCC2=O)cc1OC. The van der Waals surface area contributed by atoms with Crippen LogP contribution in [0.15, 0.2) is 18.2 Å². The largest absolute Gasteiger partial charge is 0.493 e. The predicted molar refractivity (Wildman–Crippen MR) is 75.4 cm³/mol. The Bertz CT molecular complexity index is 509. The zero-order valence-corrected chi connectivity index (χ0v) is 12.0. The molecule has 4 nitrogen and oxygen atoms in total. The molecule has 1 aromatic rings. The number of ether oxygens (including phenoxy) is 2. The van der Waals surface area contributed by atoms with Gasteiger partial charge in [0, 0.05) is 12.8 Å². The van der Waals surface area contributed by atoms with Crippen molar-refractivity contribution in [3.8, 4) is 11.5 Å². The van der Waals surface area contributed by atoms with Crippen molar-refractivity contribution >= 4 is 12.1 Å². The molecule has 1 aliphatic rings. The van der Waals surface area contributed by atoms with Crippen molar-refractivity contribution in [2.24, 2.45) is 0 Å². The zero-order valence-electron chi connectivity index (χ0n) is 12.0. The Morgan fingerprint density at radius 3 is 2.55 bits per heavy atom. The summed E-state index contributed by atoms with van der Waals surface area (Å²) in [6.45, 7) is 0. The molecular formula is C16H20O4. The smallest absolute Gasteiger partial charge is 0.161 e. The molecule has 1 atom stereocenters. The molecule has 0 heterocycles. The third-order valence-corrected chi connectivity index (χ3v) is 4.16. The number of hydrogen-bond donors (Lipinski definition) is 0. The Morgan fingerprint density at radius 2 is 1.95 bits per heavy atom. The first-order chi connectivity index (χ1) is 9.67. The van der Waals surface area contributed by atoms with Crippen molar-refractivity contribution in [2.75, 3.05) is 14.2 Å². The quantitative estimate of drug-likeness (QED) is 0.776. The van der Waals surface area contributed by atoms with Gasteiger partial charge in [0.25, 0.3) is 0 Å². The predicted octanol–water partition coefficient (Wildman–Crippen LogP) is 2.67.